The van der Waals surface area contributed by atoms with Crippen LogP contribution in [0.3, 0.4) is 0 Å². The molecule has 4 fully saturated rings. The first-order valence-corrected chi connectivity index (χ1v) is 21.6. The zero-order valence-corrected chi connectivity index (χ0v) is 33.3. The Morgan fingerprint density at radius 2 is 1.05 bits per heavy atom. The fraction of sp³-hybridized carbons (Fsp3) is 0.182. The summed E-state index contributed by atoms with van der Waals surface area (Å²) in [6.07, 6.45) is 8.49. The van der Waals surface area contributed by atoms with Crippen LogP contribution in [-0.4, -0.2) is 19.5 Å². The van der Waals surface area contributed by atoms with Crippen molar-refractivity contribution in [3.63, 3.8) is 0 Å². The van der Waals surface area contributed by atoms with Gasteiger partial charge >= 0.3 is 0 Å². The molecule has 5 nitrogen and oxygen atoms in total. The van der Waals surface area contributed by atoms with E-state index in [1.807, 2.05) is 18.2 Å². The summed E-state index contributed by atoms with van der Waals surface area (Å²) in [6.45, 7) is 0. The minimum Gasteiger partial charge on any atom is -0.455 e. The second-order valence-corrected chi connectivity index (χ2v) is 17.9. The zero-order chi connectivity index (χ0) is 39.4. The molecule has 0 N–H and O–H groups in total. The second kappa shape index (κ2) is 13.1. The molecular weight excluding hydrogens is 733 g/mol. The first-order chi connectivity index (χ1) is 29.6. The summed E-state index contributed by atoms with van der Waals surface area (Å²) in [5.74, 6) is 4.56. The third-order valence-corrected chi connectivity index (χ3v) is 14.2. The molecule has 0 saturated heterocycles. The Labute approximate surface area is 348 Å². The van der Waals surface area contributed by atoms with Crippen LogP contribution in [0.4, 0.5) is 0 Å². The van der Waals surface area contributed by atoms with Crippen LogP contribution < -0.4 is 0 Å². The largest absolute Gasteiger partial charge is 0.455 e. The molecule has 0 amide bonds. The number of aromatic nitrogens is 4. The molecule has 0 atom stereocenters. The number of hydrogen-bond acceptors (Lipinski definition) is 4. The maximum Gasteiger partial charge on any atom is 0.167 e. The number of hydrogen-bond donors (Lipinski definition) is 0. The van der Waals surface area contributed by atoms with E-state index in [1.165, 1.54) is 60.5 Å². The number of rotatable bonds is 6. The Kier molecular flexibility index (Phi) is 7.42. The van der Waals surface area contributed by atoms with Gasteiger partial charge < -0.3 is 8.98 Å². The van der Waals surface area contributed by atoms with Crippen molar-refractivity contribution in [1.29, 1.82) is 0 Å². The highest BCUT2D eigenvalue weighted by Crippen LogP contribution is 2.60. The lowest BCUT2D eigenvalue weighted by Crippen LogP contribution is -2.48. The molecule has 3 heterocycles. The van der Waals surface area contributed by atoms with E-state index in [0.29, 0.717) is 22.9 Å². The maximum atomic E-state index is 6.53. The molecule has 0 spiro atoms. The molecule has 7 aromatic carbocycles. The molecule has 4 aliphatic carbocycles. The van der Waals surface area contributed by atoms with Crippen LogP contribution in [-0.2, 0) is 5.41 Å². The molecule has 0 aliphatic heterocycles. The molecule has 60 heavy (non-hydrogen) atoms. The summed E-state index contributed by atoms with van der Waals surface area (Å²) >= 11 is 0. The smallest absolute Gasteiger partial charge is 0.167 e. The lowest BCUT2D eigenvalue weighted by molar-refractivity contribution is -0.00518. The highest BCUT2D eigenvalue weighted by Gasteiger charge is 2.51. The first-order valence-electron chi connectivity index (χ1n) is 21.6. The van der Waals surface area contributed by atoms with Crippen molar-refractivity contribution < 1.29 is 4.42 Å². The van der Waals surface area contributed by atoms with Gasteiger partial charge in [0.1, 0.15) is 11.2 Å². The van der Waals surface area contributed by atoms with Crippen LogP contribution >= 0.6 is 0 Å². The minimum absolute atomic E-state index is 0.364. The van der Waals surface area contributed by atoms with Crippen molar-refractivity contribution in [1.82, 2.24) is 19.5 Å². The highest BCUT2D eigenvalue weighted by atomic mass is 16.3. The predicted octanol–water partition coefficient (Wildman–Crippen LogP) is 14.0. The number of fused-ring (bicyclic) bond motifs is 6. The molecule has 4 bridgehead atoms. The Bertz CT molecular complexity index is 3270. The quantitative estimate of drug-likeness (QED) is 0.169. The van der Waals surface area contributed by atoms with Crippen LogP contribution in [0.2, 0.25) is 0 Å². The molecule has 288 valence electrons. The van der Waals surface area contributed by atoms with Gasteiger partial charge in [0.05, 0.1) is 16.6 Å². The normalized spacial score (nSPS) is 20.8. The van der Waals surface area contributed by atoms with E-state index in [4.69, 9.17) is 19.4 Å². The number of benzene rings is 7. The third-order valence-electron chi connectivity index (χ3n) is 14.2. The van der Waals surface area contributed by atoms with Gasteiger partial charge in [0.2, 0.25) is 0 Å². The standard InChI is InChI=1S/C55H42N4O/c1-2-10-37(11-3-1)38-12-8-13-39(29-38)52-56-53(58-54(57-52)47-17-9-16-46-45-15-5-7-19-50(45)60-51(46)47)40-20-25-44-43-14-4-6-18-48(43)59(49(44)30-40)42-23-21-41(22-24-42)55-31-34-26-35(32-55)28-36(27-34)33-55/h1-25,29-30,34-36H,26-28,31-33H2. The lowest BCUT2D eigenvalue weighted by Gasteiger charge is -2.57. The van der Waals surface area contributed by atoms with Crippen LogP contribution in [0, 0.1) is 17.8 Å². The highest BCUT2D eigenvalue weighted by molar-refractivity contribution is 6.11. The molecule has 10 aromatic rings. The summed E-state index contributed by atoms with van der Waals surface area (Å²) in [5.41, 5.74) is 12.0. The Morgan fingerprint density at radius 1 is 0.450 bits per heavy atom. The van der Waals surface area contributed by atoms with Gasteiger partial charge in [-0.3, -0.25) is 0 Å². The summed E-state index contributed by atoms with van der Waals surface area (Å²) in [7, 11) is 0. The number of nitrogens with zero attached hydrogens (tertiary/aromatic N) is 4. The van der Waals surface area contributed by atoms with Gasteiger partial charge in [-0.2, -0.15) is 0 Å². The van der Waals surface area contributed by atoms with Crippen molar-refractivity contribution in [3.8, 4) is 51.0 Å². The van der Waals surface area contributed by atoms with Crippen LogP contribution in [0.1, 0.15) is 44.1 Å². The Balaban J connectivity index is 0.980. The van der Waals surface area contributed by atoms with Gasteiger partial charge in [0, 0.05) is 38.4 Å². The fourth-order valence-corrected chi connectivity index (χ4v) is 12.0. The van der Waals surface area contributed by atoms with Gasteiger partial charge in [-0.05, 0) is 121 Å². The molecule has 0 radical (unpaired) electrons. The molecule has 14 rings (SSSR count). The van der Waals surface area contributed by atoms with Crippen LogP contribution in [0.15, 0.2) is 168 Å². The summed E-state index contributed by atoms with van der Waals surface area (Å²) in [5, 5.41) is 4.55. The van der Waals surface area contributed by atoms with E-state index < -0.39 is 0 Å². The van der Waals surface area contributed by atoms with Crippen molar-refractivity contribution in [3.05, 3.63) is 169 Å². The van der Waals surface area contributed by atoms with Crippen molar-refractivity contribution in [2.45, 2.75) is 43.9 Å². The molecule has 4 saturated carbocycles. The maximum absolute atomic E-state index is 6.53. The van der Waals surface area contributed by atoms with E-state index in [-0.39, 0.29) is 0 Å². The van der Waals surface area contributed by atoms with Gasteiger partial charge in [0.25, 0.3) is 0 Å². The van der Waals surface area contributed by atoms with Crippen molar-refractivity contribution in [2.75, 3.05) is 0 Å². The van der Waals surface area contributed by atoms with Crippen LogP contribution in [0.5, 0.6) is 0 Å². The average Bonchev–Trinajstić information content (AvgIpc) is 3.84. The molecule has 3 aromatic heterocycles. The zero-order valence-electron chi connectivity index (χ0n) is 33.3. The van der Waals surface area contributed by atoms with Gasteiger partial charge in [-0.15, -0.1) is 0 Å². The van der Waals surface area contributed by atoms with Gasteiger partial charge in [-0.25, -0.2) is 15.0 Å². The molecule has 5 heteroatoms. The third kappa shape index (κ3) is 5.34. The monoisotopic (exact) mass is 774 g/mol. The van der Waals surface area contributed by atoms with Gasteiger partial charge in [-0.1, -0.05) is 121 Å². The van der Waals surface area contributed by atoms with E-state index in [1.54, 1.807) is 5.56 Å². The predicted molar refractivity (Wildman–Crippen MR) is 243 cm³/mol. The summed E-state index contributed by atoms with van der Waals surface area (Å²) in [6, 6.07) is 58.5. The summed E-state index contributed by atoms with van der Waals surface area (Å²) < 4.78 is 8.96. The molecular formula is C55H42N4O. The first kappa shape index (κ1) is 34.1. The van der Waals surface area contributed by atoms with E-state index in [2.05, 4.69) is 150 Å². The number of furan rings is 1. The minimum atomic E-state index is 0.364. The Morgan fingerprint density at radius 3 is 1.83 bits per heavy atom. The van der Waals surface area contributed by atoms with Crippen LogP contribution in [0.25, 0.3) is 94.7 Å². The van der Waals surface area contributed by atoms with E-state index >= 15 is 0 Å². The van der Waals surface area contributed by atoms with Crippen molar-refractivity contribution in [2.24, 2.45) is 17.8 Å². The SMILES string of the molecule is c1ccc(-c2cccc(-c3nc(-c4ccc5c6ccccc6n(-c6ccc(C78CC9CC(CC(C9)C7)C8)cc6)c5c4)nc(-c4cccc5c4oc4ccccc45)n3)c2)cc1. The second-order valence-electron chi connectivity index (χ2n) is 17.9. The summed E-state index contributed by atoms with van der Waals surface area (Å²) in [4.78, 5) is 15.7. The van der Waals surface area contributed by atoms with Crippen molar-refractivity contribution >= 4 is 43.7 Å². The lowest BCUT2D eigenvalue weighted by atomic mass is 9.48. The topological polar surface area (TPSA) is 56.7 Å². The fourth-order valence-electron chi connectivity index (χ4n) is 12.0. The van der Waals surface area contributed by atoms with E-state index in [0.717, 1.165) is 73.0 Å². The average molecular weight is 775 g/mol. The molecule has 4 aliphatic rings. The van der Waals surface area contributed by atoms with Gasteiger partial charge in [0.15, 0.2) is 17.5 Å². The number of para-hydroxylation sites is 3. The molecule has 0 unspecified atom stereocenters. The van der Waals surface area contributed by atoms with E-state index in [9.17, 15) is 0 Å². The Hall–Kier alpha value is -6.85.